The fourth-order valence-corrected chi connectivity index (χ4v) is 2.26. The summed E-state index contributed by atoms with van der Waals surface area (Å²) >= 11 is 6.27. The Hall–Kier alpha value is -2.53. The molecule has 2 N–H and O–H groups in total. The van der Waals surface area contributed by atoms with Crippen LogP contribution in [0.1, 0.15) is 5.69 Å². The maximum Gasteiger partial charge on any atom is 0.133 e. The van der Waals surface area contributed by atoms with Crippen LogP contribution in [0.5, 0.6) is 5.75 Å². The van der Waals surface area contributed by atoms with E-state index in [0.29, 0.717) is 11.6 Å². The molecule has 0 aliphatic rings. The first-order chi connectivity index (χ1) is 10.2. The van der Waals surface area contributed by atoms with Gasteiger partial charge in [-0.15, -0.1) is 0 Å². The molecule has 0 saturated heterocycles. The number of hydrogen-bond donors (Lipinski definition) is 2. The Balaban J connectivity index is 1.86. The van der Waals surface area contributed by atoms with E-state index in [0.717, 1.165) is 17.1 Å². The number of aromatic nitrogens is 3. The number of hydrogen-bond acceptors (Lipinski definition) is 4. The Morgan fingerprint density at radius 2 is 2.10 bits per heavy atom. The number of rotatable bonds is 4. The molecule has 0 unspecified atom stereocenters. The van der Waals surface area contributed by atoms with Gasteiger partial charge in [0.25, 0.3) is 0 Å². The number of nitrogens with one attached hydrogen (secondary N) is 1. The maximum absolute atomic E-state index is 9.24. The molecule has 2 aromatic heterocycles. The van der Waals surface area contributed by atoms with E-state index in [2.05, 4.69) is 15.4 Å². The van der Waals surface area contributed by atoms with Gasteiger partial charge in [-0.2, -0.15) is 5.10 Å². The maximum atomic E-state index is 9.24. The third-order valence-electron chi connectivity index (χ3n) is 2.99. The molecule has 0 saturated carbocycles. The van der Waals surface area contributed by atoms with Crippen LogP contribution >= 0.6 is 11.6 Å². The second-order valence-electron chi connectivity index (χ2n) is 4.45. The average molecular weight is 301 g/mol. The molecule has 5 nitrogen and oxygen atoms in total. The van der Waals surface area contributed by atoms with Gasteiger partial charge in [0.1, 0.15) is 11.4 Å². The summed E-state index contributed by atoms with van der Waals surface area (Å²) in [6.45, 7) is 0.523. The zero-order valence-electron chi connectivity index (χ0n) is 11.1. The van der Waals surface area contributed by atoms with E-state index in [4.69, 9.17) is 11.6 Å². The molecule has 3 rings (SSSR count). The molecule has 0 aliphatic heterocycles. The van der Waals surface area contributed by atoms with E-state index in [9.17, 15) is 5.11 Å². The second-order valence-corrected chi connectivity index (χ2v) is 4.86. The first-order valence-electron chi connectivity index (χ1n) is 6.40. The minimum Gasteiger partial charge on any atom is -0.506 e. The lowest BCUT2D eigenvalue weighted by Gasteiger charge is -2.13. The van der Waals surface area contributed by atoms with Crippen LogP contribution in [0.3, 0.4) is 0 Å². The van der Waals surface area contributed by atoms with E-state index >= 15 is 0 Å². The van der Waals surface area contributed by atoms with Crippen LogP contribution in [-0.2, 0) is 6.54 Å². The molecule has 2 heterocycles. The van der Waals surface area contributed by atoms with Crippen molar-refractivity contribution in [2.24, 2.45) is 0 Å². The topological polar surface area (TPSA) is 63.0 Å². The zero-order chi connectivity index (χ0) is 14.7. The fraction of sp³-hybridized carbons (Fsp3) is 0.0667. The SMILES string of the molecule is Oc1ccc(CNc2cccc(Cl)c2-n2cccn2)nc1. The number of para-hydroxylation sites is 1. The summed E-state index contributed by atoms with van der Waals surface area (Å²) in [5.74, 6) is 0.152. The molecule has 6 heteroatoms. The highest BCUT2D eigenvalue weighted by molar-refractivity contribution is 6.33. The van der Waals surface area contributed by atoms with Gasteiger partial charge in [0.05, 0.1) is 29.1 Å². The molecule has 0 radical (unpaired) electrons. The number of pyridine rings is 1. The van der Waals surface area contributed by atoms with Crippen molar-refractivity contribution >= 4 is 17.3 Å². The van der Waals surface area contributed by atoms with Crippen LogP contribution in [0.2, 0.25) is 5.02 Å². The smallest absolute Gasteiger partial charge is 0.133 e. The van der Waals surface area contributed by atoms with Crippen LogP contribution in [0, 0.1) is 0 Å². The van der Waals surface area contributed by atoms with Crippen LogP contribution in [0.4, 0.5) is 5.69 Å². The van der Waals surface area contributed by atoms with Crippen LogP contribution in [-0.4, -0.2) is 19.9 Å². The normalized spacial score (nSPS) is 10.5. The van der Waals surface area contributed by atoms with Gasteiger partial charge in [0.2, 0.25) is 0 Å². The van der Waals surface area contributed by atoms with Crippen molar-refractivity contribution in [3.05, 3.63) is 65.7 Å². The molecule has 0 spiro atoms. The molecule has 3 aromatic rings. The van der Waals surface area contributed by atoms with Crippen molar-refractivity contribution < 1.29 is 5.11 Å². The number of nitrogens with zero attached hydrogens (tertiary/aromatic N) is 3. The predicted octanol–water partition coefficient (Wildman–Crippen LogP) is 3.24. The molecule has 0 fully saturated rings. The fourth-order valence-electron chi connectivity index (χ4n) is 2.00. The minimum absolute atomic E-state index is 0.152. The number of benzene rings is 1. The summed E-state index contributed by atoms with van der Waals surface area (Å²) in [4.78, 5) is 4.14. The van der Waals surface area contributed by atoms with Crippen molar-refractivity contribution in [1.29, 1.82) is 0 Å². The van der Waals surface area contributed by atoms with Gasteiger partial charge in [-0.25, -0.2) is 4.68 Å². The summed E-state index contributed by atoms with van der Waals surface area (Å²) in [6.07, 6.45) is 4.96. The lowest BCUT2D eigenvalue weighted by Crippen LogP contribution is -2.06. The third kappa shape index (κ3) is 2.98. The molecular weight excluding hydrogens is 288 g/mol. The first-order valence-corrected chi connectivity index (χ1v) is 6.78. The van der Waals surface area contributed by atoms with E-state index in [1.165, 1.54) is 6.20 Å². The highest BCUT2D eigenvalue weighted by Gasteiger charge is 2.09. The van der Waals surface area contributed by atoms with Gasteiger partial charge < -0.3 is 10.4 Å². The first kappa shape index (κ1) is 13.5. The summed E-state index contributed by atoms with van der Waals surface area (Å²) in [5.41, 5.74) is 2.48. The van der Waals surface area contributed by atoms with Gasteiger partial charge >= 0.3 is 0 Å². The molecule has 0 aliphatic carbocycles. The van der Waals surface area contributed by atoms with E-state index in [-0.39, 0.29) is 5.75 Å². The van der Waals surface area contributed by atoms with Crippen molar-refractivity contribution in [2.75, 3.05) is 5.32 Å². The van der Waals surface area contributed by atoms with Gasteiger partial charge in [-0.1, -0.05) is 17.7 Å². The Kier molecular flexibility index (Phi) is 3.75. The summed E-state index contributed by atoms with van der Waals surface area (Å²) in [6, 6.07) is 10.8. The highest BCUT2D eigenvalue weighted by Crippen LogP contribution is 2.28. The van der Waals surface area contributed by atoms with E-state index < -0.39 is 0 Å². The van der Waals surface area contributed by atoms with E-state index in [1.807, 2.05) is 30.5 Å². The Labute approximate surface area is 126 Å². The zero-order valence-corrected chi connectivity index (χ0v) is 11.8. The van der Waals surface area contributed by atoms with Crippen molar-refractivity contribution in [2.45, 2.75) is 6.54 Å². The predicted molar refractivity (Wildman–Crippen MR) is 81.8 cm³/mol. The number of anilines is 1. The summed E-state index contributed by atoms with van der Waals surface area (Å²) < 4.78 is 1.72. The Bertz CT molecular complexity index is 726. The quantitative estimate of drug-likeness (QED) is 0.776. The van der Waals surface area contributed by atoms with Crippen molar-refractivity contribution in [3.8, 4) is 11.4 Å². The molecule has 0 bridgehead atoms. The molecule has 106 valence electrons. The van der Waals surface area contributed by atoms with Crippen LogP contribution in [0.15, 0.2) is 55.0 Å². The van der Waals surface area contributed by atoms with Gasteiger partial charge in [0, 0.05) is 12.4 Å². The van der Waals surface area contributed by atoms with Crippen LogP contribution in [0.25, 0.3) is 5.69 Å². The standard InChI is InChI=1S/C15H13ClN4O/c16-13-3-1-4-14(15(13)20-8-2-7-19-20)18-9-11-5-6-12(21)10-17-11/h1-8,10,18,21H,9H2. The molecule has 21 heavy (non-hydrogen) atoms. The average Bonchev–Trinajstić information content (AvgIpc) is 3.00. The van der Waals surface area contributed by atoms with Gasteiger partial charge in [-0.05, 0) is 30.3 Å². The summed E-state index contributed by atoms with van der Waals surface area (Å²) in [5, 5.41) is 17.4. The monoisotopic (exact) mass is 300 g/mol. The molecule has 1 aromatic carbocycles. The minimum atomic E-state index is 0.152. The third-order valence-corrected chi connectivity index (χ3v) is 3.29. The second kappa shape index (κ2) is 5.85. The molecule has 0 amide bonds. The summed E-state index contributed by atoms with van der Waals surface area (Å²) in [7, 11) is 0. The highest BCUT2D eigenvalue weighted by atomic mass is 35.5. The van der Waals surface area contributed by atoms with Crippen molar-refractivity contribution in [1.82, 2.24) is 14.8 Å². The Morgan fingerprint density at radius 3 is 2.81 bits per heavy atom. The van der Waals surface area contributed by atoms with Gasteiger partial charge in [0.15, 0.2) is 0 Å². The Morgan fingerprint density at radius 1 is 1.19 bits per heavy atom. The number of halogens is 1. The lowest BCUT2D eigenvalue weighted by atomic mass is 10.2. The van der Waals surface area contributed by atoms with Crippen LogP contribution < -0.4 is 5.32 Å². The van der Waals surface area contributed by atoms with E-state index in [1.54, 1.807) is 23.0 Å². The molecular formula is C15H13ClN4O. The largest absolute Gasteiger partial charge is 0.506 e. The lowest BCUT2D eigenvalue weighted by molar-refractivity contribution is 0.472. The number of aromatic hydroxyl groups is 1. The van der Waals surface area contributed by atoms with Crippen molar-refractivity contribution in [3.63, 3.8) is 0 Å². The molecule has 0 atom stereocenters. The van der Waals surface area contributed by atoms with Gasteiger partial charge in [-0.3, -0.25) is 4.98 Å².